The van der Waals surface area contributed by atoms with Gasteiger partial charge in [-0.3, -0.25) is 4.90 Å². The Morgan fingerprint density at radius 2 is 1.91 bits per heavy atom. The molecule has 0 unspecified atom stereocenters. The Kier molecular flexibility index (Phi) is 7.97. The molecule has 2 aliphatic rings. The molecule has 0 bridgehead atoms. The number of aryl methyl sites for hydroxylation is 2. The number of benzene rings is 2. The number of hydrogen-bond donors (Lipinski definition) is 1. The van der Waals surface area contributed by atoms with Gasteiger partial charge in [0.05, 0.1) is 48.1 Å². The van der Waals surface area contributed by atoms with Crippen molar-refractivity contribution in [3.8, 4) is 0 Å². The number of hydrogen-bond acceptors (Lipinski definition) is 5. The highest BCUT2D eigenvalue weighted by atomic mass is 19.1. The van der Waals surface area contributed by atoms with Crippen molar-refractivity contribution in [1.29, 1.82) is 0 Å². The average molecular weight is 588 g/mol. The fourth-order valence-corrected chi connectivity index (χ4v) is 5.50. The Morgan fingerprint density at radius 1 is 1.07 bits per heavy atom. The van der Waals surface area contributed by atoms with Gasteiger partial charge in [-0.15, -0.1) is 0 Å². The van der Waals surface area contributed by atoms with E-state index < -0.39 is 23.4 Å². The molecular formula is C32H28F3N5O3. The molecule has 2 aliphatic heterocycles. The zero-order valence-corrected chi connectivity index (χ0v) is 23.2. The Balaban J connectivity index is 1.18. The lowest BCUT2D eigenvalue weighted by atomic mass is 10.0. The van der Waals surface area contributed by atoms with E-state index >= 15 is 0 Å². The molecule has 8 nitrogen and oxygen atoms in total. The van der Waals surface area contributed by atoms with Crippen molar-refractivity contribution in [1.82, 2.24) is 19.4 Å². The monoisotopic (exact) mass is 587 g/mol. The third kappa shape index (κ3) is 6.02. The number of pyridine rings is 1. The minimum absolute atomic E-state index is 0.0498. The Morgan fingerprint density at radius 3 is 2.58 bits per heavy atom. The minimum Gasteiger partial charge on any atom is -0.478 e. The first kappa shape index (κ1) is 28.6. The van der Waals surface area contributed by atoms with Crippen LogP contribution in [0, 0.1) is 24.0 Å². The average Bonchev–Trinajstić information content (AvgIpc) is 3.31. The highest BCUT2D eigenvalue weighted by molar-refractivity contribution is 5.92. The second-order valence-electron chi connectivity index (χ2n) is 10.8. The highest BCUT2D eigenvalue weighted by Gasteiger charge is 2.25. The van der Waals surface area contributed by atoms with Gasteiger partial charge in [0, 0.05) is 25.8 Å². The van der Waals surface area contributed by atoms with Gasteiger partial charge in [-0.1, -0.05) is 18.2 Å². The second kappa shape index (κ2) is 12.0. The minimum atomic E-state index is -1.00. The number of imidazole rings is 1. The van der Waals surface area contributed by atoms with E-state index in [-0.39, 0.29) is 41.6 Å². The van der Waals surface area contributed by atoms with Crippen molar-refractivity contribution >= 4 is 28.3 Å². The number of carboxylic acid groups (broad SMARTS) is 1. The molecule has 11 heteroatoms. The maximum atomic E-state index is 14.9. The number of ether oxygens (including phenoxy) is 1. The van der Waals surface area contributed by atoms with Crippen molar-refractivity contribution in [2.24, 2.45) is 0 Å². The Bertz CT molecular complexity index is 1790. The van der Waals surface area contributed by atoms with Gasteiger partial charge in [0.15, 0.2) is 11.5 Å². The molecule has 0 aliphatic carbocycles. The van der Waals surface area contributed by atoms with E-state index in [0.717, 1.165) is 29.9 Å². The lowest BCUT2D eigenvalue weighted by Gasteiger charge is -2.29. The second-order valence-corrected chi connectivity index (χ2v) is 10.8. The first-order chi connectivity index (χ1) is 20.8. The number of fused-ring (bicyclic) bond motifs is 1. The van der Waals surface area contributed by atoms with Crippen LogP contribution in [0.5, 0.6) is 0 Å². The first-order valence-electron chi connectivity index (χ1n) is 14.1. The van der Waals surface area contributed by atoms with Crippen molar-refractivity contribution in [2.45, 2.75) is 44.9 Å². The summed E-state index contributed by atoms with van der Waals surface area (Å²) in [6.45, 7) is 9.85. The SMILES string of the molecule is [C-]#[N+]c1ccc(CCc2nc(C3=CCN(Cc4nc5ccc(C(=O)O)cc5n4C[C@@H]4CCO4)CC3)c(F)cc2F)c(F)c1. The summed E-state index contributed by atoms with van der Waals surface area (Å²) in [4.78, 5) is 26.0. The van der Waals surface area contributed by atoms with Crippen LogP contribution in [-0.4, -0.2) is 56.3 Å². The molecule has 6 rings (SSSR count). The maximum Gasteiger partial charge on any atom is 0.335 e. The van der Waals surface area contributed by atoms with E-state index in [2.05, 4.69) is 14.7 Å². The molecular weight excluding hydrogens is 559 g/mol. The molecule has 4 heterocycles. The fourth-order valence-electron chi connectivity index (χ4n) is 5.50. The van der Waals surface area contributed by atoms with E-state index in [0.29, 0.717) is 55.9 Å². The normalized spacial score (nSPS) is 17.0. The van der Waals surface area contributed by atoms with E-state index in [1.54, 1.807) is 18.2 Å². The fraction of sp³-hybridized carbons (Fsp3) is 0.312. The van der Waals surface area contributed by atoms with Crippen LogP contribution in [0.3, 0.4) is 0 Å². The number of nitrogens with zero attached hydrogens (tertiary/aromatic N) is 5. The summed E-state index contributed by atoms with van der Waals surface area (Å²) in [5.74, 6) is -2.28. The van der Waals surface area contributed by atoms with Crippen LogP contribution < -0.4 is 0 Å². The van der Waals surface area contributed by atoms with Crippen LogP contribution in [0.15, 0.2) is 48.5 Å². The van der Waals surface area contributed by atoms with E-state index in [9.17, 15) is 23.1 Å². The molecule has 1 saturated heterocycles. The smallest absolute Gasteiger partial charge is 0.335 e. The number of halogens is 3. The Hall–Kier alpha value is -4.53. The predicted molar refractivity (Wildman–Crippen MR) is 153 cm³/mol. The summed E-state index contributed by atoms with van der Waals surface area (Å²) in [7, 11) is 0. The Labute approximate surface area is 245 Å². The summed E-state index contributed by atoms with van der Waals surface area (Å²) < 4.78 is 51.5. The zero-order chi connectivity index (χ0) is 30.1. The van der Waals surface area contributed by atoms with Crippen LogP contribution >= 0.6 is 0 Å². The zero-order valence-electron chi connectivity index (χ0n) is 23.2. The third-order valence-electron chi connectivity index (χ3n) is 8.02. The molecule has 0 amide bonds. The highest BCUT2D eigenvalue weighted by Crippen LogP contribution is 2.28. The van der Waals surface area contributed by atoms with Crippen LogP contribution in [0.1, 0.15) is 46.0 Å². The molecule has 220 valence electrons. The van der Waals surface area contributed by atoms with Crippen molar-refractivity contribution in [3.05, 3.63) is 106 Å². The summed E-state index contributed by atoms with van der Waals surface area (Å²) in [6, 6.07) is 9.88. The van der Waals surface area contributed by atoms with Gasteiger partial charge in [-0.2, -0.15) is 0 Å². The van der Waals surface area contributed by atoms with Crippen LogP contribution in [0.2, 0.25) is 0 Å². The van der Waals surface area contributed by atoms with Gasteiger partial charge in [-0.25, -0.2) is 32.8 Å². The van der Waals surface area contributed by atoms with Crippen molar-refractivity contribution in [2.75, 3.05) is 19.7 Å². The lowest BCUT2D eigenvalue weighted by molar-refractivity contribution is -0.0591. The van der Waals surface area contributed by atoms with Crippen molar-refractivity contribution in [3.63, 3.8) is 0 Å². The van der Waals surface area contributed by atoms with Gasteiger partial charge in [-0.05, 0) is 61.1 Å². The van der Waals surface area contributed by atoms with Gasteiger partial charge in [0.2, 0.25) is 0 Å². The molecule has 1 fully saturated rings. The number of carbonyl (C=O) groups is 1. The molecule has 2 aromatic heterocycles. The van der Waals surface area contributed by atoms with Crippen molar-refractivity contribution < 1.29 is 27.8 Å². The third-order valence-corrected chi connectivity index (χ3v) is 8.02. The van der Waals surface area contributed by atoms with Crippen LogP contribution in [0.4, 0.5) is 18.9 Å². The van der Waals surface area contributed by atoms with E-state index in [4.69, 9.17) is 16.3 Å². The summed E-state index contributed by atoms with van der Waals surface area (Å²) >= 11 is 0. The summed E-state index contributed by atoms with van der Waals surface area (Å²) in [6.07, 6.45) is 3.58. The van der Waals surface area contributed by atoms with E-state index in [1.807, 2.05) is 10.6 Å². The number of carboxylic acids is 1. The number of rotatable bonds is 9. The predicted octanol–water partition coefficient (Wildman–Crippen LogP) is 5.96. The lowest BCUT2D eigenvalue weighted by Crippen LogP contribution is -2.33. The molecule has 0 spiro atoms. The van der Waals surface area contributed by atoms with Gasteiger partial charge < -0.3 is 14.4 Å². The first-order valence-corrected chi connectivity index (χ1v) is 14.1. The number of aromatic carboxylic acids is 1. The molecule has 0 saturated carbocycles. The van der Waals surface area contributed by atoms with Gasteiger partial charge in [0.25, 0.3) is 0 Å². The molecule has 2 aromatic carbocycles. The van der Waals surface area contributed by atoms with E-state index in [1.165, 1.54) is 12.1 Å². The molecule has 1 N–H and O–H groups in total. The summed E-state index contributed by atoms with van der Waals surface area (Å²) in [5, 5.41) is 9.48. The standard InChI is InChI=1S/C32H28F3N5O3/c1-36-22-5-2-19(24(33)15-22)3-6-27-25(34)16-26(35)31(38-27)20-8-11-39(12-9-20)18-30-37-28-7-4-21(32(41)42)14-29(28)40(30)17-23-10-13-43-23/h2,4-5,7-8,14-16,23H,3,6,9-13,17-18H2,(H,41,42)/t23-/m0/s1. The van der Waals surface area contributed by atoms with Crippen LogP contribution in [0.25, 0.3) is 21.5 Å². The maximum absolute atomic E-state index is 14.9. The van der Waals surface area contributed by atoms with Crippen LogP contribution in [-0.2, 0) is 30.7 Å². The molecule has 0 radical (unpaired) electrons. The molecule has 1 atom stereocenters. The topological polar surface area (TPSA) is 84.8 Å². The van der Waals surface area contributed by atoms with Gasteiger partial charge >= 0.3 is 5.97 Å². The largest absolute Gasteiger partial charge is 0.478 e. The quantitative estimate of drug-likeness (QED) is 0.243. The molecule has 4 aromatic rings. The van der Waals surface area contributed by atoms with Gasteiger partial charge in [0.1, 0.15) is 23.2 Å². The number of aromatic nitrogens is 3. The molecule has 43 heavy (non-hydrogen) atoms. The summed E-state index contributed by atoms with van der Waals surface area (Å²) in [5.41, 5.74) is 2.98.